The van der Waals surface area contributed by atoms with Crippen LogP contribution >= 0.6 is 0 Å². The molecule has 0 radical (unpaired) electrons. The Balaban J connectivity index is 0.00000157. The number of hydrogen-bond donors (Lipinski definition) is 0. The normalized spacial score (nSPS) is 36.2. The lowest BCUT2D eigenvalue weighted by molar-refractivity contribution is -0.158. The van der Waals surface area contributed by atoms with Crippen LogP contribution < -0.4 is 17.3 Å². The number of piperazine rings is 1. The van der Waals surface area contributed by atoms with Gasteiger partial charge in [-0.05, 0) is 68.4 Å². The molecule has 0 unspecified atom stereocenters. The zero-order chi connectivity index (χ0) is 16.1. The molecule has 4 heteroatoms. The van der Waals surface area contributed by atoms with Crippen LogP contribution in [0.25, 0.3) is 0 Å². The summed E-state index contributed by atoms with van der Waals surface area (Å²) in [5.74, 6) is 3.07. The molecular formula is C21H28ClN2O-. The summed E-state index contributed by atoms with van der Waals surface area (Å²) in [7, 11) is 0. The molecule has 136 valence electrons. The van der Waals surface area contributed by atoms with Crippen molar-refractivity contribution >= 4 is 11.6 Å². The molecule has 4 aliphatic carbocycles. The summed E-state index contributed by atoms with van der Waals surface area (Å²) in [4.78, 5) is 18.0. The third kappa shape index (κ3) is 2.95. The first-order valence-electron chi connectivity index (χ1n) is 9.81. The topological polar surface area (TPSA) is 23.6 Å². The van der Waals surface area contributed by atoms with Gasteiger partial charge < -0.3 is 22.2 Å². The molecule has 1 aromatic carbocycles. The van der Waals surface area contributed by atoms with Gasteiger partial charge in [-0.3, -0.25) is 4.79 Å². The number of carbonyl (C=O) groups is 1. The number of halogens is 1. The molecule has 6 rings (SSSR count). The smallest absolute Gasteiger partial charge is 0.228 e. The van der Waals surface area contributed by atoms with Crippen molar-refractivity contribution in [1.29, 1.82) is 0 Å². The molecule has 3 nitrogen and oxygen atoms in total. The van der Waals surface area contributed by atoms with Crippen molar-refractivity contribution in [3.8, 4) is 0 Å². The molecule has 1 saturated heterocycles. The standard InChI is InChI=1S/C21H28N2O.ClH/c24-20(21-13-16-10-17(14-21)12-18(11-16)15-21)23-8-6-22(7-9-23)19-4-2-1-3-5-19;/h1-5,16-18H,6-15H2;1H/p-1. The van der Waals surface area contributed by atoms with E-state index in [1.807, 2.05) is 0 Å². The summed E-state index contributed by atoms with van der Waals surface area (Å²) in [6, 6.07) is 10.6. The van der Waals surface area contributed by atoms with Crippen molar-refractivity contribution in [1.82, 2.24) is 4.90 Å². The highest BCUT2D eigenvalue weighted by molar-refractivity contribution is 5.83. The van der Waals surface area contributed by atoms with Crippen molar-refractivity contribution in [2.45, 2.75) is 38.5 Å². The second-order valence-corrected chi connectivity index (χ2v) is 8.81. The van der Waals surface area contributed by atoms with E-state index in [2.05, 4.69) is 40.1 Å². The first-order valence-corrected chi connectivity index (χ1v) is 9.81. The first-order chi connectivity index (χ1) is 11.7. The second kappa shape index (κ2) is 6.50. The van der Waals surface area contributed by atoms with Gasteiger partial charge in [0.15, 0.2) is 0 Å². The highest BCUT2D eigenvalue weighted by Crippen LogP contribution is 2.60. The SMILES string of the molecule is O=C(N1CCN(c2ccccc2)CC1)C12CC3CC(CC(C3)C1)C2.[Cl-]. The predicted octanol–water partition coefficient (Wildman–Crippen LogP) is 0.556. The van der Waals surface area contributed by atoms with Gasteiger partial charge in [-0.1, -0.05) is 18.2 Å². The molecule has 0 N–H and O–H groups in total. The van der Waals surface area contributed by atoms with E-state index in [0.717, 1.165) is 43.9 Å². The number of rotatable bonds is 2. The maximum atomic E-state index is 13.4. The number of nitrogens with zero attached hydrogens (tertiary/aromatic N) is 2. The number of hydrogen-bond acceptors (Lipinski definition) is 2. The van der Waals surface area contributed by atoms with E-state index in [9.17, 15) is 4.79 Å². The molecule has 0 spiro atoms. The van der Waals surface area contributed by atoms with Crippen LogP contribution in [0.15, 0.2) is 30.3 Å². The highest BCUT2D eigenvalue weighted by Gasteiger charge is 2.55. The Morgan fingerprint density at radius 2 is 1.36 bits per heavy atom. The monoisotopic (exact) mass is 359 g/mol. The Kier molecular flexibility index (Phi) is 4.47. The quantitative estimate of drug-likeness (QED) is 0.770. The van der Waals surface area contributed by atoms with Gasteiger partial charge in [-0.25, -0.2) is 0 Å². The summed E-state index contributed by atoms with van der Waals surface area (Å²) >= 11 is 0. The maximum Gasteiger partial charge on any atom is 0.228 e. The van der Waals surface area contributed by atoms with Gasteiger partial charge >= 0.3 is 0 Å². The van der Waals surface area contributed by atoms with Gasteiger partial charge in [0.05, 0.1) is 5.41 Å². The van der Waals surface area contributed by atoms with E-state index in [1.165, 1.54) is 44.2 Å². The lowest BCUT2D eigenvalue weighted by Crippen LogP contribution is -3.00. The number of anilines is 1. The van der Waals surface area contributed by atoms with Crippen LogP contribution in [0.2, 0.25) is 0 Å². The fourth-order valence-electron chi connectivity index (χ4n) is 6.51. The Bertz CT molecular complexity index is 589. The molecule has 1 amide bonds. The summed E-state index contributed by atoms with van der Waals surface area (Å²) in [6.07, 6.45) is 7.81. The summed E-state index contributed by atoms with van der Waals surface area (Å²) in [6.45, 7) is 3.75. The molecule has 0 atom stereocenters. The summed E-state index contributed by atoms with van der Waals surface area (Å²) in [5, 5.41) is 0. The molecule has 1 aliphatic heterocycles. The predicted molar refractivity (Wildman–Crippen MR) is 95.8 cm³/mol. The van der Waals surface area contributed by atoms with Crippen molar-refractivity contribution in [3.63, 3.8) is 0 Å². The Morgan fingerprint density at radius 3 is 1.88 bits per heavy atom. The average molecular weight is 360 g/mol. The molecule has 5 fully saturated rings. The third-order valence-electron chi connectivity index (χ3n) is 7.18. The van der Waals surface area contributed by atoms with E-state index < -0.39 is 0 Å². The van der Waals surface area contributed by atoms with Crippen molar-refractivity contribution in [2.75, 3.05) is 31.1 Å². The Labute approximate surface area is 157 Å². The minimum absolute atomic E-state index is 0. The zero-order valence-corrected chi connectivity index (χ0v) is 15.6. The van der Waals surface area contributed by atoms with Crippen LogP contribution in [-0.2, 0) is 4.79 Å². The van der Waals surface area contributed by atoms with E-state index in [-0.39, 0.29) is 17.8 Å². The van der Waals surface area contributed by atoms with Crippen LogP contribution in [0, 0.1) is 23.2 Å². The van der Waals surface area contributed by atoms with Crippen LogP contribution in [-0.4, -0.2) is 37.0 Å². The number of amides is 1. The minimum atomic E-state index is 0. The number of carbonyl (C=O) groups excluding carboxylic acids is 1. The van der Waals surface area contributed by atoms with Crippen molar-refractivity contribution < 1.29 is 17.2 Å². The molecule has 5 aliphatic rings. The van der Waals surface area contributed by atoms with E-state index in [1.54, 1.807) is 0 Å². The van der Waals surface area contributed by atoms with Gasteiger partial charge in [0.25, 0.3) is 0 Å². The highest BCUT2D eigenvalue weighted by atomic mass is 35.5. The van der Waals surface area contributed by atoms with Gasteiger partial charge in [0, 0.05) is 31.9 Å². The molecule has 1 aromatic rings. The van der Waals surface area contributed by atoms with Gasteiger partial charge in [0.2, 0.25) is 5.91 Å². The number of para-hydroxylation sites is 1. The second-order valence-electron chi connectivity index (χ2n) is 8.81. The van der Waals surface area contributed by atoms with Crippen LogP contribution in [0.1, 0.15) is 38.5 Å². The number of benzene rings is 1. The molecular weight excluding hydrogens is 332 g/mol. The molecule has 25 heavy (non-hydrogen) atoms. The zero-order valence-electron chi connectivity index (χ0n) is 14.9. The Hall–Kier alpha value is -1.22. The maximum absolute atomic E-state index is 13.4. The van der Waals surface area contributed by atoms with Gasteiger partial charge in [-0.2, -0.15) is 0 Å². The fourth-order valence-corrected chi connectivity index (χ4v) is 6.51. The lowest BCUT2D eigenvalue weighted by atomic mass is 9.49. The summed E-state index contributed by atoms with van der Waals surface area (Å²) in [5.41, 5.74) is 1.32. The average Bonchev–Trinajstić information content (AvgIpc) is 2.61. The van der Waals surface area contributed by atoms with Crippen LogP contribution in [0.5, 0.6) is 0 Å². The Morgan fingerprint density at radius 1 is 0.840 bits per heavy atom. The molecule has 1 heterocycles. The van der Waals surface area contributed by atoms with Gasteiger partial charge in [-0.15, -0.1) is 0 Å². The first kappa shape index (κ1) is 17.2. The van der Waals surface area contributed by atoms with Crippen LogP contribution in [0.4, 0.5) is 5.69 Å². The largest absolute Gasteiger partial charge is 1.00 e. The van der Waals surface area contributed by atoms with E-state index in [0.29, 0.717) is 5.91 Å². The third-order valence-corrected chi connectivity index (χ3v) is 7.18. The molecule has 4 saturated carbocycles. The van der Waals surface area contributed by atoms with Crippen molar-refractivity contribution in [3.05, 3.63) is 30.3 Å². The van der Waals surface area contributed by atoms with Crippen LogP contribution in [0.3, 0.4) is 0 Å². The molecule has 4 bridgehead atoms. The lowest BCUT2D eigenvalue weighted by Gasteiger charge is -2.57. The van der Waals surface area contributed by atoms with E-state index in [4.69, 9.17) is 0 Å². The summed E-state index contributed by atoms with van der Waals surface area (Å²) < 4.78 is 0. The van der Waals surface area contributed by atoms with E-state index >= 15 is 0 Å². The molecule has 0 aromatic heterocycles. The van der Waals surface area contributed by atoms with Gasteiger partial charge in [0.1, 0.15) is 0 Å². The minimum Gasteiger partial charge on any atom is -1.00 e. The fraction of sp³-hybridized carbons (Fsp3) is 0.667. The van der Waals surface area contributed by atoms with Crippen molar-refractivity contribution in [2.24, 2.45) is 23.2 Å².